The summed E-state index contributed by atoms with van der Waals surface area (Å²) in [4.78, 5) is 28.3. The first-order chi connectivity index (χ1) is 10.6. The lowest BCUT2D eigenvalue weighted by Crippen LogP contribution is -2.19. The fourth-order valence-corrected chi connectivity index (χ4v) is 2.39. The highest BCUT2D eigenvalue weighted by molar-refractivity contribution is 6.08. The first-order valence-corrected chi connectivity index (χ1v) is 6.87. The number of imidazole rings is 1. The third-order valence-corrected chi connectivity index (χ3v) is 3.65. The summed E-state index contributed by atoms with van der Waals surface area (Å²) in [5.74, 6) is -0.121. The maximum absolute atomic E-state index is 12.3. The largest absolute Gasteiger partial charge is 0.328 e. The Morgan fingerprint density at radius 2 is 1.86 bits per heavy atom. The van der Waals surface area contributed by atoms with Gasteiger partial charge >= 0.3 is 5.69 Å². The van der Waals surface area contributed by atoms with E-state index in [0.29, 0.717) is 5.56 Å². The number of allylic oxidation sites excluding steroid dienone is 1. The summed E-state index contributed by atoms with van der Waals surface area (Å²) in [6, 6.07) is 10.8. The van der Waals surface area contributed by atoms with Gasteiger partial charge in [-0.1, -0.05) is 6.07 Å². The van der Waals surface area contributed by atoms with E-state index >= 15 is 0 Å². The van der Waals surface area contributed by atoms with Crippen molar-refractivity contribution in [3.05, 3.63) is 70.4 Å². The zero-order valence-corrected chi connectivity index (χ0v) is 12.4. The highest BCUT2D eigenvalue weighted by Crippen LogP contribution is 2.15. The fraction of sp³-hybridized carbons (Fsp3) is 0.118. The number of fused-ring (bicyclic) bond motifs is 1. The Morgan fingerprint density at radius 3 is 2.59 bits per heavy atom. The lowest BCUT2D eigenvalue weighted by Gasteiger charge is -1.99. The van der Waals surface area contributed by atoms with Crippen LogP contribution in [0.2, 0.25) is 0 Å². The minimum Gasteiger partial charge on any atom is -0.295 e. The molecule has 0 unspecified atom stereocenters. The molecule has 0 atom stereocenters. The predicted molar refractivity (Wildman–Crippen MR) is 85.8 cm³/mol. The van der Waals surface area contributed by atoms with E-state index in [1.165, 1.54) is 10.6 Å². The van der Waals surface area contributed by atoms with Gasteiger partial charge in [-0.05, 0) is 42.5 Å². The van der Waals surface area contributed by atoms with Gasteiger partial charge in [0.2, 0.25) is 0 Å². The van der Waals surface area contributed by atoms with Gasteiger partial charge in [0.1, 0.15) is 0 Å². The number of carbonyl (C=O) groups excluding carboxylic acids is 1. The monoisotopic (exact) mass is 293 g/mol. The molecule has 0 amide bonds. The summed E-state index contributed by atoms with van der Waals surface area (Å²) in [6.45, 7) is 0. The van der Waals surface area contributed by atoms with Crippen molar-refractivity contribution < 1.29 is 4.79 Å². The van der Waals surface area contributed by atoms with Crippen LogP contribution >= 0.6 is 0 Å². The fourth-order valence-electron chi connectivity index (χ4n) is 2.39. The van der Waals surface area contributed by atoms with E-state index in [1.54, 1.807) is 49.1 Å². The van der Waals surface area contributed by atoms with Crippen molar-refractivity contribution >= 4 is 22.9 Å². The van der Waals surface area contributed by atoms with Gasteiger partial charge in [-0.3, -0.25) is 18.9 Å². The van der Waals surface area contributed by atoms with Crippen LogP contribution in [0.25, 0.3) is 17.1 Å². The molecule has 5 nitrogen and oxygen atoms in total. The number of aromatic nitrogens is 3. The minimum atomic E-state index is -0.121. The molecule has 1 aromatic carbocycles. The van der Waals surface area contributed by atoms with Crippen LogP contribution in [0.4, 0.5) is 0 Å². The smallest absolute Gasteiger partial charge is 0.295 e. The van der Waals surface area contributed by atoms with E-state index in [0.717, 1.165) is 16.7 Å². The molecule has 0 N–H and O–H groups in total. The molecular formula is C17H15N3O2. The Balaban J connectivity index is 1.97. The molecule has 2 heterocycles. The summed E-state index contributed by atoms with van der Waals surface area (Å²) in [6.07, 6.45) is 4.84. The second kappa shape index (κ2) is 5.44. The van der Waals surface area contributed by atoms with Gasteiger partial charge < -0.3 is 0 Å². The topological polar surface area (TPSA) is 56.9 Å². The van der Waals surface area contributed by atoms with E-state index in [4.69, 9.17) is 0 Å². The number of benzene rings is 1. The third kappa shape index (κ3) is 2.37. The van der Waals surface area contributed by atoms with E-state index < -0.39 is 0 Å². The number of nitrogens with zero attached hydrogens (tertiary/aromatic N) is 3. The molecule has 5 heteroatoms. The average Bonchev–Trinajstić information content (AvgIpc) is 2.78. The number of hydrogen-bond donors (Lipinski definition) is 0. The zero-order valence-electron chi connectivity index (χ0n) is 12.4. The summed E-state index contributed by atoms with van der Waals surface area (Å²) >= 11 is 0. The van der Waals surface area contributed by atoms with Crippen LogP contribution in [0.5, 0.6) is 0 Å². The molecule has 0 spiro atoms. The minimum absolute atomic E-state index is 0.108. The molecule has 0 radical (unpaired) electrons. The summed E-state index contributed by atoms with van der Waals surface area (Å²) in [7, 11) is 3.41. The van der Waals surface area contributed by atoms with Crippen LogP contribution in [0.15, 0.2) is 53.5 Å². The van der Waals surface area contributed by atoms with Crippen molar-refractivity contribution in [2.24, 2.45) is 14.1 Å². The number of rotatable bonds is 3. The lowest BCUT2D eigenvalue weighted by atomic mass is 10.1. The average molecular weight is 293 g/mol. The first kappa shape index (κ1) is 14.0. The quantitative estimate of drug-likeness (QED) is 0.549. The standard InChI is InChI=1S/C17H15N3O2/c1-19-14-8-6-12(11-15(14)20(2)17(19)22)16(21)9-7-13-5-3-4-10-18-13/h3-11H,1-2H3/b9-7+. The Labute approximate surface area is 127 Å². The molecular weight excluding hydrogens is 278 g/mol. The van der Waals surface area contributed by atoms with Crippen molar-refractivity contribution in [2.45, 2.75) is 0 Å². The Hall–Kier alpha value is -2.95. The molecule has 3 aromatic rings. The van der Waals surface area contributed by atoms with Crippen LogP contribution in [0.1, 0.15) is 16.1 Å². The molecule has 0 saturated carbocycles. The zero-order chi connectivity index (χ0) is 15.7. The molecule has 0 fully saturated rings. The highest BCUT2D eigenvalue weighted by atomic mass is 16.1. The Morgan fingerprint density at radius 1 is 1.09 bits per heavy atom. The molecule has 22 heavy (non-hydrogen) atoms. The van der Waals surface area contributed by atoms with Crippen LogP contribution in [-0.4, -0.2) is 19.9 Å². The van der Waals surface area contributed by atoms with Crippen molar-refractivity contribution in [3.63, 3.8) is 0 Å². The van der Waals surface area contributed by atoms with Crippen LogP contribution < -0.4 is 5.69 Å². The second-order valence-electron chi connectivity index (χ2n) is 5.06. The van der Waals surface area contributed by atoms with Crippen LogP contribution in [-0.2, 0) is 14.1 Å². The normalized spacial score (nSPS) is 11.4. The van der Waals surface area contributed by atoms with Crippen molar-refractivity contribution in [2.75, 3.05) is 0 Å². The van der Waals surface area contributed by atoms with Gasteiger partial charge in [0.15, 0.2) is 5.78 Å². The number of aryl methyl sites for hydroxylation is 2. The number of ketones is 1. The van der Waals surface area contributed by atoms with Crippen molar-refractivity contribution in [3.8, 4) is 0 Å². The molecule has 3 rings (SSSR count). The van der Waals surface area contributed by atoms with Gasteiger partial charge in [0, 0.05) is 25.9 Å². The molecule has 0 aliphatic heterocycles. The molecule has 0 saturated heterocycles. The number of hydrogen-bond acceptors (Lipinski definition) is 3. The summed E-state index contributed by atoms with van der Waals surface area (Å²) in [5, 5.41) is 0. The Kier molecular flexibility index (Phi) is 3.47. The lowest BCUT2D eigenvalue weighted by molar-refractivity contribution is 0.104. The molecule has 0 bridgehead atoms. The van der Waals surface area contributed by atoms with Gasteiger partial charge in [0.25, 0.3) is 0 Å². The molecule has 0 aliphatic rings. The summed E-state index contributed by atoms with van der Waals surface area (Å²) in [5.41, 5.74) is 2.70. The van der Waals surface area contributed by atoms with Gasteiger partial charge in [-0.15, -0.1) is 0 Å². The van der Waals surface area contributed by atoms with E-state index in [1.807, 2.05) is 18.2 Å². The molecule has 0 aliphatic carbocycles. The third-order valence-electron chi connectivity index (χ3n) is 3.65. The number of pyridine rings is 1. The van der Waals surface area contributed by atoms with Gasteiger partial charge in [-0.25, -0.2) is 4.79 Å². The molecule has 2 aromatic heterocycles. The highest BCUT2D eigenvalue weighted by Gasteiger charge is 2.10. The number of carbonyl (C=O) groups is 1. The maximum Gasteiger partial charge on any atom is 0.328 e. The van der Waals surface area contributed by atoms with Crippen LogP contribution in [0, 0.1) is 0 Å². The predicted octanol–water partition coefficient (Wildman–Crippen LogP) is 2.17. The van der Waals surface area contributed by atoms with Crippen molar-refractivity contribution in [1.82, 2.24) is 14.1 Å². The van der Waals surface area contributed by atoms with E-state index in [-0.39, 0.29) is 11.5 Å². The second-order valence-corrected chi connectivity index (χ2v) is 5.06. The maximum atomic E-state index is 12.3. The SMILES string of the molecule is Cn1c(=O)n(C)c2cc(C(=O)/C=C/c3ccccn3)ccc21. The first-order valence-electron chi connectivity index (χ1n) is 6.87. The van der Waals surface area contributed by atoms with E-state index in [2.05, 4.69) is 4.98 Å². The van der Waals surface area contributed by atoms with Crippen LogP contribution in [0.3, 0.4) is 0 Å². The van der Waals surface area contributed by atoms with Crippen molar-refractivity contribution in [1.29, 1.82) is 0 Å². The van der Waals surface area contributed by atoms with Gasteiger partial charge in [-0.2, -0.15) is 0 Å². The molecule has 110 valence electrons. The Bertz CT molecular complexity index is 934. The van der Waals surface area contributed by atoms with Gasteiger partial charge in [0.05, 0.1) is 16.7 Å². The summed E-state index contributed by atoms with van der Waals surface area (Å²) < 4.78 is 3.10. The van der Waals surface area contributed by atoms with E-state index in [9.17, 15) is 9.59 Å².